The van der Waals surface area contributed by atoms with E-state index in [4.69, 9.17) is 14.2 Å². The van der Waals surface area contributed by atoms with E-state index in [9.17, 15) is 0 Å². The van der Waals surface area contributed by atoms with Gasteiger partial charge in [0.1, 0.15) is 23.4 Å². The quantitative estimate of drug-likeness (QED) is 0.593. The number of hydrogen-bond acceptors (Lipinski definition) is 3. The lowest BCUT2D eigenvalue weighted by molar-refractivity contribution is 0.259. The van der Waals surface area contributed by atoms with Crippen molar-refractivity contribution in [2.45, 2.75) is 13.0 Å². The SMILES string of the molecule is COc1ccc(C2Oc3ccc(OC)cc3C(C)=C2c2ccccc2)cc1. The minimum absolute atomic E-state index is 0.181. The summed E-state index contributed by atoms with van der Waals surface area (Å²) >= 11 is 0. The number of rotatable bonds is 4. The van der Waals surface area contributed by atoms with Gasteiger partial charge in [0.25, 0.3) is 0 Å². The summed E-state index contributed by atoms with van der Waals surface area (Å²) in [7, 11) is 3.36. The number of ether oxygens (including phenoxy) is 3. The van der Waals surface area contributed by atoms with Crippen molar-refractivity contribution in [2.75, 3.05) is 14.2 Å². The van der Waals surface area contributed by atoms with Crippen LogP contribution in [-0.2, 0) is 0 Å². The molecule has 0 bridgehead atoms. The zero-order valence-corrected chi connectivity index (χ0v) is 15.7. The van der Waals surface area contributed by atoms with Gasteiger partial charge in [0.15, 0.2) is 0 Å². The normalized spacial score (nSPS) is 15.7. The number of allylic oxidation sites excluding steroid dienone is 1. The summed E-state index contributed by atoms with van der Waals surface area (Å²) < 4.78 is 17.2. The predicted octanol–water partition coefficient (Wildman–Crippen LogP) is 5.77. The molecule has 0 aromatic heterocycles. The van der Waals surface area contributed by atoms with Crippen molar-refractivity contribution in [3.8, 4) is 17.2 Å². The molecule has 0 N–H and O–H groups in total. The van der Waals surface area contributed by atoms with E-state index < -0.39 is 0 Å². The first kappa shape index (κ1) is 17.2. The molecule has 1 aliphatic heterocycles. The van der Waals surface area contributed by atoms with Crippen LogP contribution in [0.25, 0.3) is 11.1 Å². The maximum atomic E-state index is 6.47. The van der Waals surface area contributed by atoms with Gasteiger partial charge in [-0.3, -0.25) is 0 Å². The second-order valence-electron chi connectivity index (χ2n) is 6.54. The van der Waals surface area contributed by atoms with Gasteiger partial charge < -0.3 is 14.2 Å². The van der Waals surface area contributed by atoms with Crippen LogP contribution >= 0.6 is 0 Å². The molecule has 0 amide bonds. The first-order valence-corrected chi connectivity index (χ1v) is 8.96. The fraction of sp³-hybridized carbons (Fsp3) is 0.167. The standard InChI is InChI=1S/C24H22O3/c1-16-21-15-20(26-3)13-14-22(21)27-24(18-9-11-19(25-2)12-10-18)23(16)17-7-5-4-6-8-17/h4-15,24H,1-3H3. The molecule has 3 nitrogen and oxygen atoms in total. The molecule has 1 atom stereocenters. The third-order valence-electron chi connectivity index (χ3n) is 5.01. The van der Waals surface area contributed by atoms with Gasteiger partial charge in [-0.1, -0.05) is 42.5 Å². The minimum Gasteiger partial charge on any atom is -0.497 e. The Morgan fingerprint density at radius 1 is 0.778 bits per heavy atom. The van der Waals surface area contributed by atoms with Crippen LogP contribution < -0.4 is 14.2 Å². The molecule has 0 radical (unpaired) electrons. The van der Waals surface area contributed by atoms with E-state index in [0.717, 1.165) is 33.9 Å². The molecule has 1 heterocycles. The smallest absolute Gasteiger partial charge is 0.150 e. The molecule has 0 saturated heterocycles. The third kappa shape index (κ3) is 3.17. The van der Waals surface area contributed by atoms with Gasteiger partial charge in [0.2, 0.25) is 0 Å². The fourth-order valence-electron chi connectivity index (χ4n) is 3.56. The average molecular weight is 358 g/mol. The maximum Gasteiger partial charge on any atom is 0.150 e. The Kier molecular flexibility index (Phi) is 4.59. The van der Waals surface area contributed by atoms with E-state index in [1.165, 1.54) is 11.1 Å². The number of fused-ring (bicyclic) bond motifs is 1. The Balaban J connectivity index is 1.89. The Bertz CT molecular complexity index is 972. The molecule has 27 heavy (non-hydrogen) atoms. The van der Waals surface area contributed by atoms with Gasteiger partial charge in [0.05, 0.1) is 14.2 Å². The second-order valence-corrected chi connectivity index (χ2v) is 6.54. The molecule has 1 unspecified atom stereocenters. The van der Waals surface area contributed by atoms with Crippen molar-refractivity contribution < 1.29 is 14.2 Å². The van der Waals surface area contributed by atoms with Gasteiger partial charge >= 0.3 is 0 Å². The van der Waals surface area contributed by atoms with E-state index in [0.29, 0.717) is 0 Å². The molecule has 0 fully saturated rings. The first-order valence-electron chi connectivity index (χ1n) is 8.96. The summed E-state index contributed by atoms with van der Waals surface area (Å²) in [5, 5.41) is 0. The van der Waals surface area contributed by atoms with E-state index in [1.807, 2.05) is 36.4 Å². The summed E-state index contributed by atoms with van der Waals surface area (Å²) in [5.41, 5.74) is 5.68. The molecule has 3 heteroatoms. The van der Waals surface area contributed by atoms with Crippen molar-refractivity contribution in [2.24, 2.45) is 0 Å². The Labute approximate surface area is 159 Å². The molecule has 3 aromatic rings. The highest BCUT2D eigenvalue weighted by Crippen LogP contribution is 2.47. The lowest BCUT2D eigenvalue weighted by atomic mass is 9.86. The van der Waals surface area contributed by atoms with Crippen LogP contribution in [0.5, 0.6) is 17.2 Å². The van der Waals surface area contributed by atoms with Crippen molar-refractivity contribution in [3.05, 3.63) is 89.5 Å². The summed E-state index contributed by atoms with van der Waals surface area (Å²) in [5.74, 6) is 2.53. The molecular weight excluding hydrogens is 336 g/mol. The fourth-order valence-corrected chi connectivity index (χ4v) is 3.56. The highest BCUT2D eigenvalue weighted by atomic mass is 16.5. The zero-order chi connectivity index (χ0) is 18.8. The summed E-state index contributed by atoms with van der Waals surface area (Å²) in [6.07, 6.45) is -0.181. The van der Waals surface area contributed by atoms with E-state index in [-0.39, 0.29) is 6.10 Å². The highest BCUT2D eigenvalue weighted by Gasteiger charge is 2.29. The molecule has 136 valence electrons. The van der Waals surface area contributed by atoms with E-state index >= 15 is 0 Å². The molecule has 0 spiro atoms. The van der Waals surface area contributed by atoms with Crippen molar-refractivity contribution >= 4 is 11.1 Å². The lowest BCUT2D eigenvalue weighted by Crippen LogP contribution is -2.16. The molecule has 4 rings (SSSR count). The highest BCUT2D eigenvalue weighted by molar-refractivity contribution is 5.95. The van der Waals surface area contributed by atoms with Crippen molar-refractivity contribution in [1.29, 1.82) is 0 Å². The van der Waals surface area contributed by atoms with Gasteiger partial charge in [-0.15, -0.1) is 0 Å². The van der Waals surface area contributed by atoms with Gasteiger partial charge in [-0.2, -0.15) is 0 Å². The van der Waals surface area contributed by atoms with Crippen molar-refractivity contribution in [3.63, 3.8) is 0 Å². The lowest BCUT2D eigenvalue weighted by Gasteiger charge is -2.31. The van der Waals surface area contributed by atoms with Crippen LogP contribution in [-0.4, -0.2) is 14.2 Å². The van der Waals surface area contributed by atoms with Gasteiger partial charge in [0, 0.05) is 11.1 Å². The second kappa shape index (κ2) is 7.20. The van der Waals surface area contributed by atoms with Crippen LogP contribution in [0.15, 0.2) is 72.8 Å². The van der Waals surface area contributed by atoms with Crippen LogP contribution in [0, 0.1) is 0 Å². The topological polar surface area (TPSA) is 27.7 Å². The van der Waals surface area contributed by atoms with Gasteiger partial charge in [-0.05, 0) is 54.0 Å². The molecule has 0 saturated carbocycles. The number of methoxy groups -OCH3 is 2. The molecule has 1 aliphatic rings. The van der Waals surface area contributed by atoms with Crippen LogP contribution in [0.3, 0.4) is 0 Å². The number of hydrogen-bond donors (Lipinski definition) is 0. The minimum atomic E-state index is -0.181. The predicted molar refractivity (Wildman–Crippen MR) is 108 cm³/mol. The molecular formula is C24H22O3. The van der Waals surface area contributed by atoms with Gasteiger partial charge in [-0.25, -0.2) is 0 Å². The first-order chi connectivity index (χ1) is 13.2. The van der Waals surface area contributed by atoms with Crippen LogP contribution in [0.2, 0.25) is 0 Å². The summed E-state index contributed by atoms with van der Waals surface area (Å²) in [6, 6.07) is 24.4. The van der Waals surface area contributed by atoms with Crippen molar-refractivity contribution in [1.82, 2.24) is 0 Å². The molecule has 0 aliphatic carbocycles. The van der Waals surface area contributed by atoms with E-state index in [2.05, 4.69) is 43.3 Å². The monoisotopic (exact) mass is 358 g/mol. The van der Waals surface area contributed by atoms with Crippen LogP contribution in [0.4, 0.5) is 0 Å². The number of benzene rings is 3. The van der Waals surface area contributed by atoms with Crippen LogP contribution in [0.1, 0.15) is 29.7 Å². The maximum absolute atomic E-state index is 6.47. The Morgan fingerprint density at radius 3 is 2.11 bits per heavy atom. The Hall–Kier alpha value is -3.20. The summed E-state index contributed by atoms with van der Waals surface area (Å²) in [4.78, 5) is 0. The summed E-state index contributed by atoms with van der Waals surface area (Å²) in [6.45, 7) is 2.15. The Morgan fingerprint density at radius 2 is 1.44 bits per heavy atom. The molecule has 3 aromatic carbocycles. The van der Waals surface area contributed by atoms with E-state index in [1.54, 1.807) is 14.2 Å². The third-order valence-corrected chi connectivity index (χ3v) is 5.01. The average Bonchev–Trinajstić information content (AvgIpc) is 2.74. The largest absolute Gasteiger partial charge is 0.497 e. The zero-order valence-electron chi connectivity index (χ0n) is 15.7.